The molecule has 0 aliphatic carbocycles. The van der Waals surface area contributed by atoms with Crippen LogP contribution in [-0.4, -0.2) is 47.9 Å². The van der Waals surface area contributed by atoms with Crippen LogP contribution in [-0.2, 0) is 0 Å². The van der Waals surface area contributed by atoms with Gasteiger partial charge in [-0.2, -0.15) is 0 Å². The molecule has 6 nitrogen and oxygen atoms in total. The second-order valence-electron chi connectivity index (χ2n) is 5.29. The molecule has 0 bridgehead atoms. The standard InChI is InChI=1S/C14H18N2O4/c15-8-14(18)3-5-16(6-4-14)13(17)10-1-2-11-12(7-10)20-9-19-11/h1-2,7,18H,3-6,8-9,15H2. The largest absolute Gasteiger partial charge is 0.454 e. The molecule has 1 aromatic carbocycles. The summed E-state index contributed by atoms with van der Waals surface area (Å²) in [5, 5.41) is 10.1. The highest BCUT2D eigenvalue weighted by atomic mass is 16.7. The number of carbonyl (C=O) groups excluding carboxylic acids is 1. The molecule has 2 aliphatic rings. The van der Waals surface area contributed by atoms with Crippen LogP contribution in [0.5, 0.6) is 11.5 Å². The number of ether oxygens (including phenoxy) is 2. The number of hydrogen-bond donors (Lipinski definition) is 2. The summed E-state index contributed by atoms with van der Waals surface area (Å²) in [6.07, 6.45) is 1.03. The van der Waals surface area contributed by atoms with Crippen LogP contribution in [0.1, 0.15) is 23.2 Å². The van der Waals surface area contributed by atoms with Crippen LogP contribution in [0.15, 0.2) is 18.2 Å². The van der Waals surface area contributed by atoms with Crippen molar-refractivity contribution in [1.82, 2.24) is 4.90 Å². The molecule has 3 N–H and O–H groups in total. The number of rotatable bonds is 2. The van der Waals surface area contributed by atoms with Crippen LogP contribution < -0.4 is 15.2 Å². The Kier molecular flexibility index (Phi) is 3.27. The third kappa shape index (κ3) is 2.32. The lowest BCUT2D eigenvalue weighted by atomic mass is 9.91. The molecule has 1 fully saturated rings. The Hall–Kier alpha value is -1.79. The average molecular weight is 278 g/mol. The maximum absolute atomic E-state index is 12.4. The first-order valence-corrected chi connectivity index (χ1v) is 6.73. The molecule has 2 aliphatic heterocycles. The molecule has 108 valence electrons. The predicted molar refractivity (Wildman–Crippen MR) is 71.7 cm³/mol. The number of piperidine rings is 1. The summed E-state index contributed by atoms with van der Waals surface area (Å²) >= 11 is 0. The highest BCUT2D eigenvalue weighted by molar-refractivity contribution is 5.95. The molecule has 1 aromatic rings. The Morgan fingerprint density at radius 1 is 1.30 bits per heavy atom. The van der Waals surface area contributed by atoms with Crippen molar-refractivity contribution in [3.8, 4) is 11.5 Å². The molecular weight excluding hydrogens is 260 g/mol. The Morgan fingerprint density at radius 2 is 2.00 bits per heavy atom. The minimum absolute atomic E-state index is 0.0534. The van der Waals surface area contributed by atoms with Gasteiger partial charge in [0.2, 0.25) is 6.79 Å². The van der Waals surface area contributed by atoms with E-state index in [1.165, 1.54) is 0 Å². The average Bonchev–Trinajstić information content (AvgIpc) is 2.94. The van der Waals surface area contributed by atoms with Gasteiger partial charge < -0.3 is 25.2 Å². The second kappa shape index (κ2) is 4.96. The summed E-state index contributed by atoms with van der Waals surface area (Å²) in [6.45, 7) is 1.46. The molecule has 0 spiro atoms. The Morgan fingerprint density at radius 3 is 2.70 bits per heavy atom. The second-order valence-corrected chi connectivity index (χ2v) is 5.29. The first-order valence-electron chi connectivity index (χ1n) is 6.73. The number of carbonyl (C=O) groups is 1. The fourth-order valence-electron chi connectivity index (χ4n) is 2.54. The minimum atomic E-state index is -0.828. The smallest absolute Gasteiger partial charge is 0.253 e. The van der Waals surface area contributed by atoms with E-state index in [9.17, 15) is 9.90 Å². The lowest BCUT2D eigenvalue weighted by Crippen LogP contribution is -2.50. The highest BCUT2D eigenvalue weighted by Crippen LogP contribution is 2.33. The first kappa shape index (κ1) is 13.2. The van der Waals surface area contributed by atoms with E-state index in [1.807, 2.05) is 0 Å². The SMILES string of the molecule is NCC1(O)CCN(C(=O)c2ccc3c(c2)OCO3)CC1. The number of nitrogens with zero attached hydrogens (tertiary/aromatic N) is 1. The van der Waals surface area contributed by atoms with Crippen molar-refractivity contribution < 1.29 is 19.4 Å². The summed E-state index contributed by atoms with van der Waals surface area (Å²) in [7, 11) is 0. The number of benzene rings is 1. The normalized spacial score (nSPS) is 20.0. The highest BCUT2D eigenvalue weighted by Gasteiger charge is 2.33. The van der Waals surface area contributed by atoms with Gasteiger partial charge in [0.25, 0.3) is 5.91 Å². The van der Waals surface area contributed by atoms with E-state index in [2.05, 4.69) is 0 Å². The maximum Gasteiger partial charge on any atom is 0.253 e. The zero-order chi connectivity index (χ0) is 14.2. The van der Waals surface area contributed by atoms with Crippen LogP contribution in [0, 0.1) is 0 Å². The fourth-order valence-corrected chi connectivity index (χ4v) is 2.54. The van der Waals surface area contributed by atoms with Gasteiger partial charge in [0.05, 0.1) is 5.60 Å². The van der Waals surface area contributed by atoms with Crippen LogP contribution in [0.2, 0.25) is 0 Å². The van der Waals surface area contributed by atoms with Crippen LogP contribution in [0.3, 0.4) is 0 Å². The van der Waals surface area contributed by atoms with Crippen molar-refractivity contribution in [2.75, 3.05) is 26.4 Å². The molecule has 2 heterocycles. The summed E-state index contributed by atoms with van der Waals surface area (Å²) in [5.41, 5.74) is 5.30. The van der Waals surface area contributed by atoms with E-state index in [-0.39, 0.29) is 19.2 Å². The molecule has 0 radical (unpaired) electrons. The van der Waals surface area contributed by atoms with Crippen molar-refractivity contribution in [3.63, 3.8) is 0 Å². The van der Waals surface area contributed by atoms with E-state index in [1.54, 1.807) is 23.1 Å². The van der Waals surface area contributed by atoms with Gasteiger partial charge in [0, 0.05) is 25.2 Å². The minimum Gasteiger partial charge on any atom is -0.454 e. The summed E-state index contributed by atoms with van der Waals surface area (Å²) < 4.78 is 10.5. The van der Waals surface area contributed by atoms with E-state index in [0.29, 0.717) is 43.0 Å². The predicted octanol–water partition coefficient (Wildman–Crippen LogP) is 0.341. The van der Waals surface area contributed by atoms with Gasteiger partial charge in [0.15, 0.2) is 11.5 Å². The van der Waals surface area contributed by atoms with Crippen LogP contribution >= 0.6 is 0 Å². The molecule has 1 amide bonds. The van der Waals surface area contributed by atoms with Crippen molar-refractivity contribution in [3.05, 3.63) is 23.8 Å². The summed E-state index contributed by atoms with van der Waals surface area (Å²) in [6, 6.07) is 5.18. The monoisotopic (exact) mass is 278 g/mol. The zero-order valence-corrected chi connectivity index (χ0v) is 11.2. The van der Waals surface area contributed by atoms with Gasteiger partial charge in [-0.15, -0.1) is 0 Å². The van der Waals surface area contributed by atoms with Gasteiger partial charge in [-0.1, -0.05) is 0 Å². The van der Waals surface area contributed by atoms with Gasteiger partial charge in [-0.05, 0) is 31.0 Å². The molecule has 6 heteroatoms. The van der Waals surface area contributed by atoms with Gasteiger partial charge >= 0.3 is 0 Å². The lowest BCUT2D eigenvalue weighted by Gasteiger charge is -2.37. The van der Waals surface area contributed by atoms with Gasteiger partial charge in [-0.25, -0.2) is 0 Å². The van der Waals surface area contributed by atoms with Crippen LogP contribution in [0.25, 0.3) is 0 Å². The quantitative estimate of drug-likeness (QED) is 0.815. The fraction of sp³-hybridized carbons (Fsp3) is 0.500. The number of likely N-dealkylation sites (tertiary alicyclic amines) is 1. The van der Waals surface area contributed by atoms with Gasteiger partial charge in [-0.3, -0.25) is 4.79 Å². The molecule has 0 saturated carbocycles. The van der Waals surface area contributed by atoms with E-state index in [4.69, 9.17) is 15.2 Å². The van der Waals surface area contributed by atoms with E-state index in [0.717, 1.165) is 0 Å². The number of fused-ring (bicyclic) bond motifs is 1. The van der Waals surface area contributed by atoms with Crippen molar-refractivity contribution in [2.45, 2.75) is 18.4 Å². The Labute approximate surface area is 117 Å². The van der Waals surface area contributed by atoms with E-state index < -0.39 is 5.60 Å². The maximum atomic E-state index is 12.4. The van der Waals surface area contributed by atoms with Crippen molar-refractivity contribution in [1.29, 1.82) is 0 Å². The summed E-state index contributed by atoms with van der Waals surface area (Å²) in [5.74, 6) is 1.21. The molecule has 0 atom stereocenters. The first-order chi connectivity index (χ1) is 9.61. The van der Waals surface area contributed by atoms with Gasteiger partial charge in [0.1, 0.15) is 0 Å². The topological polar surface area (TPSA) is 85.0 Å². The molecule has 0 unspecified atom stereocenters. The molecular formula is C14H18N2O4. The Bertz CT molecular complexity index is 524. The summed E-state index contributed by atoms with van der Waals surface area (Å²) in [4.78, 5) is 14.2. The Balaban J connectivity index is 1.71. The van der Waals surface area contributed by atoms with Crippen LogP contribution in [0.4, 0.5) is 0 Å². The zero-order valence-electron chi connectivity index (χ0n) is 11.2. The number of nitrogens with two attached hydrogens (primary N) is 1. The molecule has 3 rings (SSSR count). The number of amides is 1. The van der Waals surface area contributed by atoms with E-state index >= 15 is 0 Å². The third-order valence-corrected chi connectivity index (χ3v) is 3.98. The lowest BCUT2D eigenvalue weighted by molar-refractivity contribution is -0.00952. The third-order valence-electron chi connectivity index (χ3n) is 3.98. The molecule has 20 heavy (non-hydrogen) atoms. The number of hydrogen-bond acceptors (Lipinski definition) is 5. The molecule has 0 aromatic heterocycles. The number of aliphatic hydroxyl groups is 1. The molecule has 1 saturated heterocycles. The van der Waals surface area contributed by atoms with Crippen molar-refractivity contribution >= 4 is 5.91 Å². The van der Waals surface area contributed by atoms with Crippen molar-refractivity contribution in [2.24, 2.45) is 5.73 Å².